The molecule has 0 radical (unpaired) electrons. The van der Waals surface area contributed by atoms with Gasteiger partial charge in [0, 0.05) is 6.54 Å². The van der Waals surface area contributed by atoms with Crippen LogP contribution in [0.1, 0.15) is 26.2 Å². The Labute approximate surface area is 84.3 Å². The maximum Gasteiger partial charge on any atom is 0.317 e. The van der Waals surface area contributed by atoms with Gasteiger partial charge >= 0.3 is 6.03 Å². The maximum atomic E-state index is 11.4. The van der Waals surface area contributed by atoms with Gasteiger partial charge in [0.15, 0.2) is 0 Å². The molecular weight excluding hydrogens is 180 g/mol. The summed E-state index contributed by atoms with van der Waals surface area (Å²) < 4.78 is 0. The van der Waals surface area contributed by atoms with Gasteiger partial charge in [-0.25, -0.2) is 4.79 Å². The van der Waals surface area contributed by atoms with Gasteiger partial charge in [-0.1, -0.05) is 6.92 Å². The molecule has 4 nitrogen and oxygen atoms in total. The first-order valence-corrected chi connectivity index (χ1v) is 5.41. The number of nitrogens with zero attached hydrogens (tertiary/aromatic N) is 1. The molecule has 1 saturated carbocycles. The molecule has 2 rings (SSSR count). The summed E-state index contributed by atoms with van der Waals surface area (Å²) in [5.74, 6) is 0.456. The van der Waals surface area contributed by atoms with Gasteiger partial charge in [0.2, 0.25) is 0 Å². The Bertz CT molecular complexity index is 232. The van der Waals surface area contributed by atoms with Crippen molar-refractivity contribution in [1.82, 2.24) is 10.2 Å². The minimum Gasteiger partial charge on any atom is -0.386 e. The first-order chi connectivity index (χ1) is 6.65. The van der Waals surface area contributed by atoms with Crippen LogP contribution in [0.15, 0.2) is 0 Å². The van der Waals surface area contributed by atoms with E-state index >= 15 is 0 Å². The van der Waals surface area contributed by atoms with Crippen LogP contribution >= 0.6 is 0 Å². The van der Waals surface area contributed by atoms with Crippen LogP contribution in [0.3, 0.4) is 0 Å². The van der Waals surface area contributed by atoms with Crippen molar-refractivity contribution in [2.45, 2.75) is 31.8 Å². The zero-order valence-corrected chi connectivity index (χ0v) is 8.62. The lowest BCUT2D eigenvalue weighted by molar-refractivity contribution is -0.0917. The van der Waals surface area contributed by atoms with E-state index in [0.29, 0.717) is 19.0 Å². The third-order valence-electron chi connectivity index (χ3n) is 3.08. The lowest BCUT2D eigenvalue weighted by Crippen LogP contribution is -2.66. The number of β-amino-alcohol motifs (C(OH)–C–C–N with tert-alkyl or cyclic N) is 1. The van der Waals surface area contributed by atoms with E-state index in [1.165, 1.54) is 0 Å². The molecule has 0 atom stereocenters. The Hall–Kier alpha value is -0.770. The third kappa shape index (κ3) is 1.71. The van der Waals surface area contributed by atoms with E-state index in [1.807, 2.05) is 6.92 Å². The molecule has 0 aromatic carbocycles. The van der Waals surface area contributed by atoms with Crippen molar-refractivity contribution in [2.75, 3.05) is 19.6 Å². The topological polar surface area (TPSA) is 52.6 Å². The highest BCUT2D eigenvalue weighted by Crippen LogP contribution is 2.44. The molecule has 4 heteroatoms. The van der Waals surface area contributed by atoms with E-state index in [1.54, 1.807) is 4.90 Å². The summed E-state index contributed by atoms with van der Waals surface area (Å²) in [5, 5.41) is 12.8. The Balaban J connectivity index is 1.73. The standard InChI is InChI=1S/C10H18N2O2/c1-2-5-11-9(13)12-6-10(14,7-12)8-3-4-8/h8,14H,2-7H2,1H3,(H,11,13). The maximum absolute atomic E-state index is 11.4. The first-order valence-electron chi connectivity index (χ1n) is 5.41. The molecular formula is C10H18N2O2. The number of carbonyl (C=O) groups excluding carboxylic acids is 1. The first kappa shape index (κ1) is 9.77. The van der Waals surface area contributed by atoms with Gasteiger partial charge in [-0.2, -0.15) is 0 Å². The predicted octanol–water partition coefficient (Wildman–Crippen LogP) is 0.563. The highest BCUT2D eigenvalue weighted by Gasteiger charge is 2.53. The summed E-state index contributed by atoms with van der Waals surface area (Å²) in [6, 6.07) is -0.0304. The second kappa shape index (κ2) is 3.42. The van der Waals surface area contributed by atoms with Crippen LogP contribution in [0.4, 0.5) is 4.79 Å². The van der Waals surface area contributed by atoms with Crippen molar-refractivity contribution in [1.29, 1.82) is 0 Å². The fraction of sp³-hybridized carbons (Fsp3) is 0.900. The van der Waals surface area contributed by atoms with Crippen molar-refractivity contribution in [2.24, 2.45) is 5.92 Å². The van der Waals surface area contributed by atoms with Gasteiger partial charge in [0.25, 0.3) is 0 Å². The van der Waals surface area contributed by atoms with Gasteiger partial charge < -0.3 is 15.3 Å². The van der Waals surface area contributed by atoms with Gasteiger partial charge in [-0.3, -0.25) is 0 Å². The molecule has 0 aromatic rings. The largest absolute Gasteiger partial charge is 0.386 e. The van der Waals surface area contributed by atoms with Crippen molar-refractivity contribution in [3.8, 4) is 0 Å². The van der Waals surface area contributed by atoms with Gasteiger partial charge in [0.1, 0.15) is 5.60 Å². The van der Waals surface area contributed by atoms with Crippen molar-refractivity contribution < 1.29 is 9.90 Å². The summed E-state index contributed by atoms with van der Waals surface area (Å²) in [4.78, 5) is 13.1. The number of urea groups is 1. The SMILES string of the molecule is CCCNC(=O)N1CC(O)(C2CC2)C1. The number of amides is 2. The second-order valence-corrected chi connectivity index (χ2v) is 4.47. The molecule has 1 saturated heterocycles. The number of nitrogens with one attached hydrogen (secondary N) is 1. The number of hydrogen-bond acceptors (Lipinski definition) is 2. The average molecular weight is 198 g/mol. The van der Waals surface area contributed by atoms with Crippen LogP contribution in [0, 0.1) is 5.92 Å². The number of hydrogen-bond donors (Lipinski definition) is 2. The minimum atomic E-state index is -0.552. The Morgan fingerprint density at radius 1 is 1.57 bits per heavy atom. The zero-order chi connectivity index (χ0) is 10.2. The van der Waals surface area contributed by atoms with E-state index < -0.39 is 5.60 Å². The summed E-state index contributed by atoms with van der Waals surface area (Å²) in [6.07, 6.45) is 3.20. The van der Waals surface area contributed by atoms with Crippen molar-refractivity contribution >= 4 is 6.03 Å². The molecule has 2 fully saturated rings. The summed E-state index contributed by atoms with van der Waals surface area (Å²) in [6.45, 7) is 3.79. The third-order valence-corrected chi connectivity index (χ3v) is 3.08. The second-order valence-electron chi connectivity index (χ2n) is 4.47. The molecule has 0 unspecified atom stereocenters. The van der Waals surface area contributed by atoms with E-state index in [4.69, 9.17) is 0 Å². The number of carbonyl (C=O) groups is 1. The van der Waals surface area contributed by atoms with Crippen LogP contribution in [-0.2, 0) is 0 Å². The molecule has 0 spiro atoms. The molecule has 0 aromatic heterocycles. The molecule has 2 N–H and O–H groups in total. The van der Waals surface area contributed by atoms with Crippen molar-refractivity contribution in [3.63, 3.8) is 0 Å². The molecule has 2 aliphatic rings. The van der Waals surface area contributed by atoms with Crippen LogP contribution in [0.2, 0.25) is 0 Å². The zero-order valence-electron chi connectivity index (χ0n) is 8.62. The molecule has 14 heavy (non-hydrogen) atoms. The summed E-state index contributed by atoms with van der Waals surface area (Å²) in [5.41, 5.74) is -0.552. The van der Waals surface area contributed by atoms with Crippen LogP contribution in [-0.4, -0.2) is 41.3 Å². The lowest BCUT2D eigenvalue weighted by atomic mass is 9.89. The average Bonchev–Trinajstić information content (AvgIpc) is 2.92. The highest BCUT2D eigenvalue weighted by atomic mass is 16.3. The molecule has 0 bridgehead atoms. The smallest absolute Gasteiger partial charge is 0.317 e. The number of likely N-dealkylation sites (tertiary alicyclic amines) is 1. The number of aliphatic hydroxyl groups is 1. The van der Waals surface area contributed by atoms with Crippen LogP contribution in [0.25, 0.3) is 0 Å². The van der Waals surface area contributed by atoms with Crippen LogP contribution < -0.4 is 5.32 Å². The Kier molecular flexibility index (Phi) is 2.39. The molecule has 1 aliphatic heterocycles. The molecule has 1 heterocycles. The number of rotatable bonds is 3. The fourth-order valence-corrected chi connectivity index (χ4v) is 1.98. The predicted molar refractivity (Wildman–Crippen MR) is 52.9 cm³/mol. The quantitative estimate of drug-likeness (QED) is 0.696. The van der Waals surface area contributed by atoms with E-state index in [9.17, 15) is 9.90 Å². The van der Waals surface area contributed by atoms with E-state index in [-0.39, 0.29) is 6.03 Å². The van der Waals surface area contributed by atoms with Gasteiger partial charge in [-0.05, 0) is 25.2 Å². The summed E-state index contributed by atoms with van der Waals surface area (Å²) >= 11 is 0. The normalized spacial score (nSPS) is 24.3. The monoisotopic (exact) mass is 198 g/mol. The Morgan fingerprint density at radius 3 is 2.71 bits per heavy atom. The van der Waals surface area contributed by atoms with Gasteiger partial charge in [-0.15, -0.1) is 0 Å². The lowest BCUT2D eigenvalue weighted by Gasteiger charge is -2.46. The van der Waals surface area contributed by atoms with Crippen LogP contribution in [0.5, 0.6) is 0 Å². The minimum absolute atomic E-state index is 0.0304. The summed E-state index contributed by atoms with van der Waals surface area (Å²) in [7, 11) is 0. The van der Waals surface area contributed by atoms with Gasteiger partial charge in [0.05, 0.1) is 13.1 Å². The molecule has 2 amide bonds. The highest BCUT2D eigenvalue weighted by molar-refractivity contribution is 5.75. The van der Waals surface area contributed by atoms with E-state index in [0.717, 1.165) is 25.8 Å². The molecule has 1 aliphatic carbocycles. The molecule has 80 valence electrons. The fourth-order valence-electron chi connectivity index (χ4n) is 1.98. The van der Waals surface area contributed by atoms with Crippen molar-refractivity contribution in [3.05, 3.63) is 0 Å². The van der Waals surface area contributed by atoms with E-state index in [2.05, 4.69) is 5.32 Å². The Morgan fingerprint density at radius 2 is 2.21 bits per heavy atom.